The van der Waals surface area contributed by atoms with Gasteiger partial charge >= 0.3 is 0 Å². The molecule has 1 atom stereocenters. The van der Waals surface area contributed by atoms with Crippen LogP contribution in [0.2, 0.25) is 0 Å². The zero-order chi connectivity index (χ0) is 18.0. The fourth-order valence-electron chi connectivity index (χ4n) is 3.45. The van der Waals surface area contributed by atoms with Gasteiger partial charge in [0.25, 0.3) is 0 Å². The zero-order valence-electron chi connectivity index (χ0n) is 14.2. The number of sulfonamides is 1. The van der Waals surface area contributed by atoms with Crippen LogP contribution in [0.1, 0.15) is 26.2 Å². The SMILES string of the molecule is CC(=O)Nc1ccc(S(=O)(=O)N2CCCCC2CN)c2ccccc12. The molecule has 25 heavy (non-hydrogen) atoms. The highest BCUT2D eigenvalue weighted by Crippen LogP contribution is 2.33. The first kappa shape index (κ1) is 17.8. The maximum Gasteiger partial charge on any atom is 0.243 e. The van der Waals surface area contributed by atoms with Gasteiger partial charge < -0.3 is 11.1 Å². The van der Waals surface area contributed by atoms with Crippen LogP contribution in [0.5, 0.6) is 0 Å². The van der Waals surface area contributed by atoms with E-state index in [1.54, 1.807) is 24.3 Å². The number of hydrogen-bond acceptors (Lipinski definition) is 4. The van der Waals surface area contributed by atoms with E-state index < -0.39 is 10.0 Å². The predicted octanol–water partition coefficient (Wildman–Crippen LogP) is 2.30. The van der Waals surface area contributed by atoms with Gasteiger partial charge in [-0.25, -0.2) is 8.42 Å². The monoisotopic (exact) mass is 361 g/mol. The molecule has 6 nitrogen and oxygen atoms in total. The third-order valence-electron chi connectivity index (χ3n) is 4.63. The molecule has 0 spiro atoms. The molecule has 1 unspecified atom stereocenters. The Labute approximate surface area is 148 Å². The molecule has 1 aliphatic rings. The van der Waals surface area contributed by atoms with Crippen LogP contribution in [-0.2, 0) is 14.8 Å². The Balaban J connectivity index is 2.13. The van der Waals surface area contributed by atoms with Gasteiger partial charge in [-0.05, 0) is 25.0 Å². The number of nitrogens with two attached hydrogens (primary N) is 1. The van der Waals surface area contributed by atoms with Crippen molar-refractivity contribution in [3.8, 4) is 0 Å². The van der Waals surface area contributed by atoms with Crippen molar-refractivity contribution in [3.05, 3.63) is 36.4 Å². The van der Waals surface area contributed by atoms with Gasteiger partial charge in [0.05, 0.1) is 4.90 Å². The van der Waals surface area contributed by atoms with E-state index in [-0.39, 0.29) is 16.8 Å². The number of carbonyl (C=O) groups excluding carboxylic acids is 1. The molecule has 0 radical (unpaired) electrons. The molecule has 1 fully saturated rings. The molecule has 1 heterocycles. The van der Waals surface area contributed by atoms with Gasteiger partial charge in [0.2, 0.25) is 15.9 Å². The number of piperidine rings is 1. The third kappa shape index (κ3) is 3.40. The Morgan fingerprint density at radius 1 is 1.20 bits per heavy atom. The van der Waals surface area contributed by atoms with Crippen molar-refractivity contribution in [2.45, 2.75) is 37.1 Å². The average molecular weight is 361 g/mol. The molecule has 0 aliphatic carbocycles. The molecule has 2 aromatic rings. The van der Waals surface area contributed by atoms with Gasteiger partial charge in [-0.1, -0.05) is 30.7 Å². The Kier molecular flexibility index (Phi) is 5.08. The number of amides is 1. The number of carbonyl (C=O) groups is 1. The minimum atomic E-state index is -3.65. The number of nitrogens with zero attached hydrogens (tertiary/aromatic N) is 1. The van der Waals surface area contributed by atoms with E-state index in [0.717, 1.165) is 19.3 Å². The van der Waals surface area contributed by atoms with Crippen LogP contribution in [0.3, 0.4) is 0 Å². The third-order valence-corrected chi connectivity index (χ3v) is 6.64. The summed E-state index contributed by atoms with van der Waals surface area (Å²) in [5.74, 6) is -0.194. The first-order chi connectivity index (χ1) is 11.9. The van der Waals surface area contributed by atoms with Crippen molar-refractivity contribution in [1.82, 2.24) is 4.31 Å². The molecule has 1 aliphatic heterocycles. The first-order valence-corrected chi connectivity index (χ1v) is 9.90. The number of anilines is 1. The van der Waals surface area contributed by atoms with Crippen LogP contribution in [0.25, 0.3) is 10.8 Å². The Morgan fingerprint density at radius 2 is 1.92 bits per heavy atom. The van der Waals surface area contributed by atoms with Crippen LogP contribution in [0, 0.1) is 0 Å². The minimum absolute atomic E-state index is 0.160. The van der Waals surface area contributed by atoms with Crippen molar-refractivity contribution in [1.29, 1.82) is 0 Å². The van der Waals surface area contributed by atoms with Gasteiger partial charge in [-0.15, -0.1) is 0 Å². The van der Waals surface area contributed by atoms with Crippen molar-refractivity contribution in [2.75, 3.05) is 18.4 Å². The molecular formula is C18H23N3O3S. The van der Waals surface area contributed by atoms with Gasteiger partial charge in [0, 0.05) is 42.5 Å². The van der Waals surface area contributed by atoms with E-state index in [4.69, 9.17) is 5.73 Å². The van der Waals surface area contributed by atoms with E-state index in [9.17, 15) is 13.2 Å². The van der Waals surface area contributed by atoms with Gasteiger partial charge in [-0.3, -0.25) is 4.79 Å². The smallest absolute Gasteiger partial charge is 0.243 e. The number of nitrogens with one attached hydrogen (secondary N) is 1. The van der Waals surface area contributed by atoms with Crippen LogP contribution >= 0.6 is 0 Å². The molecule has 1 amide bonds. The molecule has 1 saturated heterocycles. The largest absolute Gasteiger partial charge is 0.329 e. The van der Waals surface area contributed by atoms with Gasteiger partial charge in [-0.2, -0.15) is 4.31 Å². The molecule has 0 bridgehead atoms. The lowest BCUT2D eigenvalue weighted by molar-refractivity contribution is -0.114. The summed E-state index contributed by atoms with van der Waals surface area (Å²) in [5, 5.41) is 4.07. The zero-order valence-corrected chi connectivity index (χ0v) is 15.1. The lowest BCUT2D eigenvalue weighted by Gasteiger charge is -2.34. The molecule has 7 heteroatoms. The topological polar surface area (TPSA) is 92.5 Å². The van der Waals surface area contributed by atoms with E-state index in [1.165, 1.54) is 11.2 Å². The molecule has 3 N–H and O–H groups in total. The Hall–Kier alpha value is -1.96. The van der Waals surface area contributed by atoms with Gasteiger partial charge in [0.1, 0.15) is 0 Å². The molecular weight excluding hydrogens is 338 g/mol. The number of rotatable bonds is 4. The van der Waals surface area contributed by atoms with Gasteiger partial charge in [0.15, 0.2) is 0 Å². The fraction of sp³-hybridized carbons (Fsp3) is 0.389. The molecule has 0 aromatic heterocycles. The highest BCUT2D eigenvalue weighted by molar-refractivity contribution is 7.89. The summed E-state index contributed by atoms with van der Waals surface area (Å²) in [6.07, 6.45) is 2.63. The molecule has 3 rings (SSSR count). The highest BCUT2D eigenvalue weighted by atomic mass is 32.2. The molecule has 0 saturated carbocycles. The average Bonchev–Trinajstić information content (AvgIpc) is 2.61. The maximum atomic E-state index is 13.3. The lowest BCUT2D eigenvalue weighted by atomic mass is 10.1. The summed E-state index contributed by atoms with van der Waals surface area (Å²) in [5.41, 5.74) is 6.41. The minimum Gasteiger partial charge on any atom is -0.329 e. The molecule has 2 aromatic carbocycles. The highest BCUT2D eigenvalue weighted by Gasteiger charge is 2.33. The number of benzene rings is 2. The summed E-state index contributed by atoms with van der Waals surface area (Å²) in [7, 11) is -3.65. The maximum absolute atomic E-state index is 13.3. The first-order valence-electron chi connectivity index (χ1n) is 8.46. The van der Waals surface area contributed by atoms with Crippen molar-refractivity contribution in [3.63, 3.8) is 0 Å². The standard InChI is InChI=1S/C18H23N3O3S/c1-13(22)20-17-9-10-18(16-8-3-2-7-15(16)17)25(23,24)21-11-5-4-6-14(21)12-19/h2-3,7-10,14H,4-6,11-12,19H2,1H3,(H,20,22). The number of hydrogen-bond donors (Lipinski definition) is 2. The molecule has 134 valence electrons. The van der Waals surface area contributed by atoms with Crippen LogP contribution in [-0.4, -0.2) is 37.8 Å². The fourth-order valence-corrected chi connectivity index (χ4v) is 5.35. The normalized spacial score (nSPS) is 19.0. The van der Waals surface area contributed by atoms with Crippen molar-refractivity contribution >= 4 is 32.4 Å². The van der Waals surface area contributed by atoms with Crippen LogP contribution < -0.4 is 11.1 Å². The quantitative estimate of drug-likeness (QED) is 0.874. The Bertz CT molecular complexity index is 896. The van der Waals surface area contributed by atoms with E-state index >= 15 is 0 Å². The van der Waals surface area contributed by atoms with E-state index in [1.807, 2.05) is 12.1 Å². The van der Waals surface area contributed by atoms with Crippen LogP contribution in [0.15, 0.2) is 41.3 Å². The van der Waals surface area contributed by atoms with E-state index in [2.05, 4.69) is 5.32 Å². The van der Waals surface area contributed by atoms with Crippen molar-refractivity contribution < 1.29 is 13.2 Å². The Morgan fingerprint density at radius 3 is 2.60 bits per heavy atom. The predicted molar refractivity (Wildman–Crippen MR) is 98.8 cm³/mol. The van der Waals surface area contributed by atoms with Crippen LogP contribution in [0.4, 0.5) is 5.69 Å². The lowest BCUT2D eigenvalue weighted by Crippen LogP contribution is -2.47. The second-order valence-corrected chi connectivity index (χ2v) is 8.20. The van der Waals surface area contributed by atoms with Crippen molar-refractivity contribution in [2.24, 2.45) is 5.73 Å². The summed E-state index contributed by atoms with van der Waals surface area (Å²) in [6, 6.07) is 10.3. The summed E-state index contributed by atoms with van der Waals surface area (Å²) in [4.78, 5) is 11.7. The van der Waals surface area contributed by atoms with E-state index in [0.29, 0.717) is 29.5 Å². The summed E-state index contributed by atoms with van der Waals surface area (Å²) < 4.78 is 28.1. The second-order valence-electron chi connectivity index (χ2n) is 6.34. The second kappa shape index (κ2) is 7.11. The summed E-state index contributed by atoms with van der Waals surface area (Å²) >= 11 is 0. The number of fused-ring (bicyclic) bond motifs is 1. The summed E-state index contributed by atoms with van der Waals surface area (Å²) in [6.45, 7) is 2.24.